The first-order chi connectivity index (χ1) is 9.28. The number of amides is 1. The van der Waals surface area contributed by atoms with Crippen LogP contribution in [0.3, 0.4) is 0 Å². The topological polar surface area (TPSA) is 44.4 Å². The number of carbonyl (C=O) groups excluding carboxylic acids is 1. The number of nitrogens with one attached hydrogen (secondary N) is 2. The van der Waals surface area contributed by atoms with Crippen LogP contribution < -0.4 is 10.6 Å². The maximum Gasteiger partial charge on any atom is 0.234 e. The Morgan fingerprint density at radius 1 is 1.15 bits per heavy atom. The third-order valence-corrected chi connectivity index (χ3v) is 3.45. The molecule has 1 aliphatic rings. The van der Waals surface area contributed by atoms with E-state index in [1.54, 1.807) is 7.05 Å². The molecule has 2 N–H and O–H groups in total. The van der Waals surface area contributed by atoms with Crippen LogP contribution in [-0.4, -0.2) is 37.5 Å². The highest BCUT2D eigenvalue weighted by molar-refractivity contribution is 5.85. The summed E-state index contributed by atoms with van der Waals surface area (Å²) in [7, 11) is 1.77. The predicted molar refractivity (Wildman–Crippen MR) is 84.0 cm³/mol. The summed E-state index contributed by atoms with van der Waals surface area (Å²) < 4.78 is 0. The minimum absolute atomic E-state index is 0. The molecule has 0 radical (unpaired) electrons. The molecule has 0 bridgehead atoms. The van der Waals surface area contributed by atoms with Crippen LogP contribution in [0.5, 0.6) is 0 Å². The Labute approximate surface area is 127 Å². The number of nitrogens with zero attached hydrogens (tertiary/aromatic N) is 1. The number of hydrogen-bond donors (Lipinski definition) is 2. The normalized spacial score (nSPS) is 14.8. The van der Waals surface area contributed by atoms with Crippen molar-refractivity contribution >= 4 is 18.3 Å². The lowest BCUT2D eigenvalue weighted by Crippen LogP contribution is -2.31. The Morgan fingerprint density at radius 2 is 1.75 bits per heavy atom. The molecule has 2 rings (SSSR count). The number of hydrogen-bond acceptors (Lipinski definition) is 3. The molecule has 1 fully saturated rings. The molecule has 1 aliphatic heterocycles. The minimum atomic E-state index is 0. The predicted octanol–water partition coefficient (Wildman–Crippen LogP) is 1.54. The fourth-order valence-electron chi connectivity index (χ4n) is 2.39. The Kier molecular flexibility index (Phi) is 7.59. The quantitative estimate of drug-likeness (QED) is 0.837. The van der Waals surface area contributed by atoms with Crippen LogP contribution in [0.25, 0.3) is 0 Å². The van der Waals surface area contributed by atoms with E-state index in [2.05, 4.69) is 39.8 Å². The smallest absolute Gasteiger partial charge is 0.234 e. The van der Waals surface area contributed by atoms with Gasteiger partial charge in [0.15, 0.2) is 0 Å². The van der Waals surface area contributed by atoms with Crippen LogP contribution in [0, 0.1) is 0 Å². The summed E-state index contributed by atoms with van der Waals surface area (Å²) in [5, 5.41) is 5.72. The van der Waals surface area contributed by atoms with Crippen molar-refractivity contribution in [2.75, 3.05) is 26.7 Å². The molecule has 1 aromatic rings. The van der Waals surface area contributed by atoms with Gasteiger partial charge in [-0.2, -0.15) is 0 Å². The number of rotatable bonds is 6. The maximum absolute atomic E-state index is 11.3. The summed E-state index contributed by atoms with van der Waals surface area (Å²) in [4.78, 5) is 13.8. The summed E-state index contributed by atoms with van der Waals surface area (Å²) in [6.45, 7) is 4.47. The van der Waals surface area contributed by atoms with Gasteiger partial charge in [-0.1, -0.05) is 24.3 Å². The molecule has 20 heavy (non-hydrogen) atoms. The van der Waals surface area contributed by atoms with E-state index >= 15 is 0 Å². The second kappa shape index (κ2) is 8.95. The van der Waals surface area contributed by atoms with Crippen molar-refractivity contribution < 1.29 is 4.79 Å². The van der Waals surface area contributed by atoms with E-state index in [0.29, 0.717) is 13.1 Å². The Morgan fingerprint density at radius 3 is 2.35 bits per heavy atom. The highest BCUT2D eigenvalue weighted by atomic mass is 35.5. The molecule has 0 saturated carbocycles. The van der Waals surface area contributed by atoms with E-state index < -0.39 is 0 Å². The van der Waals surface area contributed by atoms with Crippen LogP contribution in [-0.2, 0) is 17.9 Å². The SMILES string of the molecule is CNCC(=O)NCc1ccc(CN2CCCC2)cc1.Cl. The van der Waals surface area contributed by atoms with Crippen molar-refractivity contribution in [3.05, 3.63) is 35.4 Å². The lowest BCUT2D eigenvalue weighted by atomic mass is 10.1. The highest BCUT2D eigenvalue weighted by Gasteiger charge is 2.11. The van der Waals surface area contributed by atoms with E-state index in [-0.39, 0.29) is 18.3 Å². The Hall–Kier alpha value is -1.10. The lowest BCUT2D eigenvalue weighted by molar-refractivity contribution is -0.120. The van der Waals surface area contributed by atoms with Gasteiger partial charge in [0, 0.05) is 13.1 Å². The number of likely N-dealkylation sites (N-methyl/N-ethyl adjacent to an activating group) is 1. The molecule has 112 valence electrons. The van der Waals surface area contributed by atoms with E-state index in [9.17, 15) is 4.79 Å². The standard InChI is InChI=1S/C15H23N3O.ClH/c1-16-11-15(19)17-10-13-4-6-14(7-5-13)12-18-8-2-3-9-18;/h4-7,16H,2-3,8-12H2,1H3,(H,17,19);1H. The molecular formula is C15H24ClN3O. The van der Waals surface area contributed by atoms with Crippen LogP contribution >= 0.6 is 12.4 Å². The Bertz CT molecular complexity index is 402. The molecule has 0 aromatic heterocycles. The first kappa shape index (κ1) is 17.0. The third-order valence-electron chi connectivity index (χ3n) is 3.45. The monoisotopic (exact) mass is 297 g/mol. The fourth-order valence-corrected chi connectivity index (χ4v) is 2.39. The summed E-state index contributed by atoms with van der Waals surface area (Å²) in [6.07, 6.45) is 2.66. The van der Waals surface area contributed by atoms with Crippen molar-refractivity contribution in [3.8, 4) is 0 Å². The first-order valence-corrected chi connectivity index (χ1v) is 6.99. The summed E-state index contributed by atoms with van der Waals surface area (Å²) >= 11 is 0. The van der Waals surface area contributed by atoms with E-state index in [4.69, 9.17) is 0 Å². The average molecular weight is 298 g/mol. The number of halogens is 1. The van der Waals surface area contributed by atoms with Crippen molar-refractivity contribution in [1.29, 1.82) is 0 Å². The van der Waals surface area contributed by atoms with Gasteiger partial charge in [0.05, 0.1) is 6.54 Å². The molecule has 0 aliphatic carbocycles. The zero-order valence-corrected chi connectivity index (χ0v) is 12.8. The average Bonchev–Trinajstić information content (AvgIpc) is 2.91. The largest absolute Gasteiger partial charge is 0.351 e. The molecule has 0 atom stereocenters. The fraction of sp³-hybridized carbons (Fsp3) is 0.533. The van der Waals surface area contributed by atoms with Crippen molar-refractivity contribution in [1.82, 2.24) is 15.5 Å². The van der Waals surface area contributed by atoms with Gasteiger partial charge < -0.3 is 10.6 Å². The zero-order valence-electron chi connectivity index (χ0n) is 12.0. The molecule has 0 unspecified atom stereocenters. The second-order valence-corrected chi connectivity index (χ2v) is 5.11. The molecule has 1 aromatic carbocycles. The molecular weight excluding hydrogens is 274 g/mol. The van der Waals surface area contributed by atoms with Gasteiger partial charge in [0.2, 0.25) is 5.91 Å². The van der Waals surface area contributed by atoms with Crippen LogP contribution in [0.2, 0.25) is 0 Å². The number of likely N-dealkylation sites (tertiary alicyclic amines) is 1. The van der Waals surface area contributed by atoms with Crippen molar-refractivity contribution in [3.63, 3.8) is 0 Å². The van der Waals surface area contributed by atoms with Crippen LogP contribution in [0.1, 0.15) is 24.0 Å². The molecule has 1 saturated heterocycles. The summed E-state index contributed by atoms with van der Waals surface area (Å²) in [6, 6.07) is 8.53. The van der Waals surface area contributed by atoms with E-state index in [0.717, 1.165) is 12.1 Å². The molecule has 0 spiro atoms. The van der Waals surface area contributed by atoms with Crippen LogP contribution in [0.15, 0.2) is 24.3 Å². The van der Waals surface area contributed by atoms with Gasteiger partial charge in [-0.25, -0.2) is 0 Å². The number of benzene rings is 1. The van der Waals surface area contributed by atoms with Gasteiger partial charge in [-0.05, 0) is 44.1 Å². The van der Waals surface area contributed by atoms with Gasteiger partial charge in [-0.3, -0.25) is 9.69 Å². The van der Waals surface area contributed by atoms with Crippen LogP contribution in [0.4, 0.5) is 0 Å². The third kappa shape index (κ3) is 5.49. The maximum atomic E-state index is 11.3. The summed E-state index contributed by atoms with van der Waals surface area (Å²) in [5.41, 5.74) is 2.50. The molecule has 1 heterocycles. The first-order valence-electron chi connectivity index (χ1n) is 6.99. The lowest BCUT2D eigenvalue weighted by Gasteiger charge is -2.14. The van der Waals surface area contributed by atoms with E-state index in [1.165, 1.54) is 31.5 Å². The van der Waals surface area contributed by atoms with Crippen molar-refractivity contribution in [2.24, 2.45) is 0 Å². The summed E-state index contributed by atoms with van der Waals surface area (Å²) in [5.74, 6) is 0.0312. The number of carbonyl (C=O) groups is 1. The molecule has 4 nitrogen and oxygen atoms in total. The zero-order chi connectivity index (χ0) is 13.5. The van der Waals surface area contributed by atoms with Gasteiger partial charge in [0.1, 0.15) is 0 Å². The molecule has 5 heteroatoms. The Balaban J connectivity index is 0.00000200. The highest BCUT2D eigenvalue weighted by Crippen LogP contribution is 2.13. The van der Waals surface area contributed by atoms with Crippen molar-refractivity contribution in [2.45, 2.75) is 25.9 Å². The van der Waals surface area contributed by atoms with Gasteiger partial charge >= 0.3 is 0 Å². The second-order valence-electron chi connectivity index (χ2n) is 5.11. The van der Waals surface area contributed by atoms with Gasteiger partial charge in [0.25, 0.3) is 0 Å². The van der Waals surface area contributed by atoms with Gasteiger partial charge in [-0.15, -0.1) is 12.4 Å². The van der Waals surface area contributed by atoms with E-state index in [1.807, 2.05) is 0 Å². The minimum Gasteiger partial charge on any atom is -0.351 e. The molecule has 1 amide bonds.